The highest BCUT2D eigenvalue weighted by Crippen LogP contribution is 2.35. The summed E-state index contributed by atoms with van der Waals surface area (Å²) in [5.41, 5.74) is 1.09. The number of hydrogen-bond acceptors (Lipinski definition) is 3. The molecule has 0 bridgehead atoms. The van der Waals surface area contributed by atoms with Crippen LogP contribution in [0.4, 0.5) is 4.39 Å². The van der Waals surface area contributed by atoms with Crippen molar-refractivity contribution in [1.29, 1.82) is 0 Å². The van der Waals surface area contributed by atoms with Gasteiger partial charge in [-0.3, -0.25) is 0 Å². The molecule has 1 aromatic carbocycles. The summed E-state index contributed by atoms with van der Waals surface area (Å²) in [6, 6.07) is 7.42. The lowest BCUT2D eigenvalue weighted by Crippen LogP contribution is -2.44. The maximum Gasteiger partial charge on any atom is 0.123 e. The van der Waals surface area contributed by atoms with Crippen molar-refractivity contribution in [3.63, 3.8) is 0 Å². The van der Waals surface area contributed by atoms with Crippen molar-refractivity contribution in [2.24, 2.45) is 0 Å². The maximum absolute atomic E-state index is 13.3. The molecule has 19 heavy (non-hydrogen) atoms. The fourth-order valence-electron chi connectivity index (χ4n) is 2.61. The summed E-state index contributed by atoms with van der Waals surface area (Å²) in [4.78, 5) is 0. The Balaban J connectivity index is 2.06. The van der Waals surface area contributed by atoms with Crippen LogP contribution >= 0.6 is 23.5 Å². The van der Waals surface area contributed by atoms with Gasteiger partial charge in [0.2, 0.25) is 0 Å². The Bertz CT molecular complexity index is 399. The molecule has 1 aliphatic heterocycles. The van der Waals surface area contributed by atoms with Gasteiger partial charge in [-0.2, -0.15) is 23.5 Å². The second-order valence-electron chi connectivity index (χ2n) is 4.88. The number of likely N-dealkylation sites (N-methyl/N-ethyl adjacent to an activating group) is 1. The van der Waals surface area contributed by atoms with Gasteiger partial charge in [0.25, 0.3) is 0 Å². The molecule has 1 aliphatic rings. The molecule has 2 rings (SSSR count). The first kappa shape index (κ1) is 15.2. The lowest BCUT2D eigenvalue weighted by atomic mass is 10.0. The molecule has 0 saturated carbocycles. The Morgan fingerprint density at radius 3 is 2.84 bits per heavy atom. The van der Waals surface area contributed by atoms with E-state index in [1.807, 2.05) is 13.1 Å². The summed E-state index contributed by atoms with van der Waals surface area (Å²) < 4.78 is 13.3. The number of thioether (sulfide) groups is 2. The van der Waals surface area contributed by atoms with Gasteiger partial charge in [0.1, 0.15) is 5.82 Å². The smallest absolute Gasteiger partial charge is 0.123 e. The average Bonchev–Trinajstić information content (AvgIpc) is 2.45. The Morgan fingerprint density at radius 2 is 2.16 bits per heavy atom. The molecule has 0 radical (unpaired) electrons. The van der Waals surface area contributed by atoms with Gasteiger partial charge in [-0.15, -0.1) is 0 Å². The van der Waals surface area contributed by atoms with Crippen molar-refractivity contribution in [3.05, 3.63) is 35.6 Å². The third-order valence-electron chi connectivity index (χ3n) is 3.61. The molecular formula is C15H22FNS2. The SMILES string of the molecule is CCC1SCCSC1C(Cc1cccc(F)c1)NC. The minimum Gasteiger partial charge on any atom is -0.316 e. The van der Waals surface area contributed by atoms with E-state index in [4.69, 9.17) is 0 Å². The topological polar surface area (TPSA) is 12.0 Å². The Kier molecular flexibility index (Phi) is 6.05. The van der Waals surface area contributed by atoms with Gasteiger partial charge < -0.3 is 5.32 Å². The van der Waals surface area contributed by atoms with E-state index in [1.165, 1.54) is 24.0 Å². The molecule has 1 nitrogen and oxygen atoms in total. The lowest BCUT2D eigenvalue weighted by molar-refractivity contribution is 0.515. The fourth-order valence-corrected chi connectivity index (χ4v) is 5.91. The quantitative estimate of drug-likeness (QED) is 0.892. The zero-order chi connectivity index (χ0) is 13.7. The molecule has 1 aromatic rings. The normalized spacial score (nSPS) is 25.2. The standard InChI is InChI=1S/C15H22FNS2/c1-3-14-15(19-8-7-18-14)13(17-2)10-11-5-4-6-12(16)9-11/h4-6,9,13-15,17H,3,7-8,10H2,1-2H3. The van der Waals surface area contributed by atoms with E-state index in [0.29, 0.717) is 16.5 Å². The highest BCUT2D eigenvalue weighted by Gasteiger charge is 2.31. The molecule has 1 N–H and O–H groups in total. The van der Waals surface area contributed by atoms with E-state index in [1.54, 1.807) is 12.1 Å². The molecule has 0 amide bonds. The Morgan fingerprint density at radius 1 is 1.37 bits per heavy atom. The van der Waals surface area contributed by atoms with E-state index in [2.05, 4.69) is 35.8 Å². The van der Waals surface area contributed by atoms with Crippen LogP contribution in [0.1, 0.15) is 18.9 Å². The second kappa shape index (κ2) is 7.55. The second-order valence-corrected chi connectivity index (χ2v) is 7.52. The minimum atomic E-state index is -0.134. The maximum atomic E-state index is 13.3. The molecule has 1 heterocycles. The van der Waals surface area contributed by atoms with Gasteiger partial charge in [0, 0.05) is 28.0 Å². The van der Waals surface area contributed by atoms with Crippen molar-refractivity contribution >= 4 is 23.5 Å². The minimum absolute atomic E-state index is 0.134. The van der Waals surface area contributed by atoms with Crippen molar-refractivity contribution in [2.45, 2.75) is 36.3 Å². The van der Waals surface area contributed by atoms with E-state index in [9.17, 15) is 4.39 Å². The van der Waals surface area contributed by atoms with E-state index in [-0.39, 0.29) is 5.82 Å². The van der Waals surface area contributed by atoms with Crippen LogP contribution in [0.25, 0.3) is 0 Å². The molecule has 1 saturated heterocycles. The summed E-state index contributed by atoms with van der Waals surface area (Å²) in [5.74, 6) is 2.36. The van der Waals surface area contributed by atoms with Gasteiger partial charge in [0.05, 0.1) is 0 Å². The first-order valence-corrected chi connectivity index (χ1v) is 8.99. The average molecular weight is 299 g/mol. The van der Waals surface area contributed by atoms with Crippen molar-refractivity contribution < 1.29 is 4.39 Å². The van der Waals surface area contributed by atoms with Crippen molar-refractivity contribution in [3.8, 4) is 0 Å². The molecule has 0 aliphatic carbocycles. The Labute approximate surface area is 124 Å². The van der Waals surface area contributed by atoms with Gasteiger partial charge >= 0.3 is 0 Å². The highest BCUT2D eigenvalue weighted by atomic mass is 32.2. The predicted molar refractivity (Wildman–Crippen MR) is 85.7 cm³/mol. The number of benzene rings is 1. The third-order valence-corrected chi connectivity index (χ3v) is 7.01. The third kappa shape index (κ3) is 4.14. The van der Waals surface area contributed by atoms with Gasteiger partial charge in [-0.1, -0.05) is 19.1 Å². The zero-order valence-corrected chi connectivity index (χ0v) is 13.2. The van der Waals surface area contributed by atoms with Crippen molar-refractivity contribution in [1.82, 2.24) is 5.32 Å². The van der Waals surface area contributed by atoms with Crippen LogP contribution in [0.2, 0.25) is 0 Å². The molecule has 0 spiro atoms. The summed E-state index contributed by atoms with van der Waals surface area (Å²) in [6.07, 6.45) is 2.12. The summed E-state index contributed by atoms with van der Waals surface area (Å²) in [6.45, 7) is 2.27. The molecule has 3 unspecified atom stereocenters. The van der Waals surface area contributed by atoms with E-state index >= 15 is 0 Å². The Hall–Kier alpha value is -0.190. The van der Waals surface area contributed by atoms with Gasteiger partial charge in [-0.25, -0.2) is 4.39 Å². The summed E-state index contributed by atoms with van der Waals surface area (Å²) in [7, 11) is 2.02. The molecule has 1 fully saturated rings. The van der Waals surface area contributed by atoms with E-state index in [0.717, 1.165) is 12.0 Å². The molecule has 0 aromatic heterocycles. The zero-order valence-electron chi connectivity index (χ0n) is 11.6. The lowest BCUT2D eigenvalue weighted by Gasteiger charge is -2.36. The van der Waals surface area contributed by atoms with Crippen molar-refractivity contribution in [2.75, 3.05) is 18.6 Å². The van der Waals surface area contributed by atoms with Crippen LogP contribution in [-0.2, 0) is 6.42 Å². The molecule has 106 valence electrons. The highest BCUT2D eigenvalue weighted by molar-refractivity contribution is 8.07. The first-order valence-electron chi connectivity index (χ1n) is 6.89. The number of hydrogen-bond donors (Lipinski definition) is 1. The van der Waals surface area contributed by atoms with Crippen LogP contribution < -0.4 is 5.32 Å². The first-order chi connectivity index (χ1) is 9.24. The van der Waals surface area contributed by atoms with Crippen LogP contribution in [0.5, 0.6) is 0 Å². The monoisotopic (exact) mass is 299 g/mol. The largest absolute Gasteiger partial charge is 0.316 e. The number of halogens is 1. The van der Waals surface area contributed by atoms with Crippen LogP contribution in [0.15, 0.2) is 24.3 Å². The van der Waals surface area contributed by atoms with Gasteiger partial charge in [0.15, 0.2) is 0 Å². The van der Waals surface area contributed by atoms with Crippen LogP contribution in [0.3, 0.4) is 0 Å². The fraction of sp³-hybridized carbons (Fsp3) is 0.600. The predicted octanol–water partition coefficient (Wildman–Crippen LogP) is 3.58. The van der Waals surface area contributed by atoms with Crippen LogP contribution in [-0.4, -0.2) is 35.1 Å². The van der Waals surface area contributed by atoms with E-state index < -0.39 is 0 Å². The van der Waals surface area contributed by atoms with Crippen LogP contribution in [0, 0.1) is 5.82 Å². The molecule has 3 atom stereocenters. The number of rotatable bonds is 5. The summed E-state index contributed by atoms with van der Waals surface area (Å²) in [5, 5.41) is 4.78. The summed E-state index contributed by atoms with van der Waals surface area (Å²) >= 11 is 4.17. The van der Waals surface area contributed by atoms with Gasteiger partial charge in [-0.05, 0) is 37.6 Å². The number of nitrogens with one attached hydrogen (secondary N) is 1. The molecule has 4 heteroatoms. The molecular weight excluding hydrogens is 277 g/mol.